The molecule has 9 rings (SSSR count). The van der Waals surface area contributed by atoms with E-state index >= 15 is 0 Å². The van der Waals surface area contributed by atoms with Crippen LogP contribution in [-0.2, 0) is 10.8 Å². The van der Waals surface area contributed by atoms with Gasteiger partial charge in [-0.3, -0.25) is 0 Å². The molecule has 0 aliphatic heterocycles. The number of para-hydroxylation sites is 2. The molecule has 0 aromatic heterocycles. The predicted octanol–water partition coefficient (Wildman–Crippen LogP) is 12.9. The van der Waals surface area contributed by atoms with Crippen LogP contribution in [0.25, 0.3) is 22.3 Å². The Morgan fingerprint density at radius 1 is 0.529 bits per heavy atom. The number of rotatable bonds is 6. The topological polar surface area (TPSA) is 6.48 Å². The highest BCUT2D eigenvalue weighted by molar-refractivity contribution is 5.91. The van der Waals surface area contributed by atoms with Gasteiger partial charge in [-0.25, -0.2) is 0 Å². The molecular weight excluding hydrogens is 617 g/mol. The molecule has 0 amide bonds. The molecule has 2 heteroatoms. The fourth-order valence-corrected chi connectivity index (χ4v) is 9.01. The highest BCUT2D eigenvalue weighted by atomic mass is 15.2. The van der Waals surface area contributed by atoms with E-state index in [0.29, 0.717) is 12.0 Å². The first-order valence-corrected chi connectivity index (χ1v) is 18.6. The molecule has 5 aromatic carbocycles. The lowest BCUT2D eigenvalue weighted by Gasteiger charge is -2.35. The zero-order chi connectivity index (χ0) is 34.9. The Kier molecular flexibility index (Phi) is 7.37. The average molecular weight is 663 g/mol. The van der Waals surface area contributed by atoms with Crippen molar-refractivity contribution in [2.24, 2.45) is 5.92 Å². The second-order valence-corrected chi connectivity index (χ2v) is 15.8. The molecule has 4 aliphatic rings. The molecule has 0 bridgehead atoms. The van der Waals surface area contributed by atoms with Gasteiger partial charge in [0.1, 0.15) is 0 Å². The maximum Gasteiger partial charge on any atom is 0.0559 e. The average Bonchev–Trinajstić information content (AvgIpc) is 3.51. The summed E-state index contributed by atoms with van der Waals surface area (Å²) in [4.78, 5) is 4.94. The molecule has 51 heavy (non-hydrogen) atoms. The maximum absolute atomic E-state index is 2.56. The van der Waals surface area contributed by atoms with Gasteiger partial charge >= 0.3 is 0 Å². The minimum absolute atomic E-state index is 0.126. The van der Waals surface area contributed by atoms with Crippen LogP contribution in [0.15, 0.2) is 157 Å². The normalized spacial score (nSPS) is 19.9. The van der Waals surface area contributed by atoms with Gasteiger partial charge in [0.05, 0.1) is 6.04 Å². The largest absolute Gasteiger partial charge is 0.335 e. The summed E-state index contributed by atoms with van der Waals surface area (Å²) in [5.74, 6) is 0.584. The van der Waals surface area contributed by atoms with Gasteiger partial charge in [-0.15, -0.1) is 0 Å². The van der Waals surface area contributed by atoms with Crippen molar-refractivity contribution in [3.05, 3.63) is 180 Å². The second kappa shape index (κ2) is 11.9. The first-order chi connectivity index (χ1) is 24.7. The van der Waals surface area contributed by atoms with Crippen molar-refractivity contribution in [1.82, 2.24) is 0 Å². The van der Waals surface area contributed by atoms with Gasteiger partial charge in [0.25, 0.3) is 0 Å². The molecule has 0 spiro atoms. The number of hydrogen-bond acceptors (Lipinski definition) is 2. The fourth-order valence-electron chi connectivity index (χ4n) is 9.01. The van der Waals surface area contributed by atoms with Gasteiger partial charge in [-0.2, -0.15) is 0 Å². The zero-order valence-electron chi connectivity index (χ0n) is 30.4. The zero-order valence-corrected chi connectivity index (χ0v) is 30.4. The van der Waals surface area contributed by atoms with Gasteiger partial charge in [0.2, 0.25) is 0 Å². The minimum atomic E-state index is -0.143. The third kappa shape index (κ3) is 5.07. The molecule has 2 unspecified atom stereocenters. The predicted molar refractivity (Wildman–Crippen MR) is 216 cm³/mol. The Morgan fingerprint density at radius 3 is 1.61 bits per heavy atom. The number of fused-ring (bicyclic) bond motifs is 6. The summed E-state index contributed by atoms with van der Waals surface area (Å²) >= 11 is 0. The SMILES string of the molecule is CC1C=CC(N(c2ccc3c(c2)C(C)(C)c2cc4c(cc2-3)C(C)(C)c2cc(N(c3ccccc3)c3ccccc3)ccc2-4)C2C=CC=CC2)=CC1. The van der Waals surface area contributed by atoms with Crippen LogP contribution in [0.1, 0.15) is 69.7 Å². The van der Waals surface area contributed by atoms with Gasteiger partial charge < -0.3 is 9.80 Å². The molecule has 0 radical (unpaired) electrons. The smallest absolute Gasteiger partial charge is 0.0559 e. The highest BCUT2D eigenvalue weighted by Crippen LogP contribution is 2.57. The van der Waals surface area contributed by atoms with Gasteiger partial charge in [-0.1, -0.05) is 120 Å². The number of hydrogen-bond donors (Lipinski definition) is 0. The van der Waals surface area contributed by atoms with Crippen LogP contribution in [0.3, 0.4) is 0 Å². The molecule has 252 valence electrons. The van der Waals surface area contributed by atoms with E-state index in [1.54, 1.807) is 0 Å². The van der Waals surface area contributed by atoms with Crippen molar-refractivity contribution in [3.8, 4) is 22.3 Å². The van der Waals surface area contributed by atoms with E-state index in [-0.39, 0.29) is 10.8 Å². The van der Waals surface area contributed by atoms with Crippen LogP contribution in [0.2, 0.25) is 0 Å². The quantitative estimate of drug-likeness (QED) is 0.179. The molecule has 4 aliphatic carbocycles. The maximum atomic E-state index is 2.56. The van der Waals surface area contributed by atoms with Gasteiger partial charge in [0.15, 0.2) is 0 Å². The lowest BCUT2D eigenvalue weighted by Crippen LogP contribution is -2.34. The Balaban J connectivity index is 1.13. The van der Waals surface area contributed by atoms with Crippen LogP contribution in [-0.4, -0.2) is 6.04 Å². The molecule has 2 atom stereocenters. The van der Waals surface area contributed by atoms with E-state index in [9.17, 15) is 0 Å². The van der Waals surface area contributed by atoms with Crippen molar-refractivity contribution < 1.29 is 0 Å². The number of anilines is 4. The molecule has 0 fully saturated rings. The summed E-state index contributed by atoms with van der Waals surface area (Å²) in [5, 5.41) is 0. The van der Waals surface area contributed by atoms with Gasteiger partial charge in [-0.05, 0) is 130 Å². The summed E-state index contributed by atoms with van der Waals surface area (Å²) in [5.41, 5.74) is 16.9. The Bertz CT molecular complexity index is 2240. The first-order valence-electron chi connectivity index (χ1n) is 18.6. The lowest BCUT2D eigenvalue weighted by molar-refractivity contribution is 0.651. The van der Waals surface area contributed by atoms with Crippen molar-refractivity contribution in [1.29, 1.82) is 0 Å². The number of allylic oxidation sites excluding steroid dienone is 5. The van der Waals surface area contributed by atoms with E-state index in [4.69, 9.17) is 0 Å². The summed E-state index contributed by atoms with van der Waals surface area (Å²) in [6, 6.07) is 41.2. The molecule has 2 nitrogen and oxygen atoms in total. The molecule has 0 saturated carbocycles. The van der Waals surface area contributed by atoms with Crippen LogP contribution < -0.4 is 9.80 Å². The first kappa shape index (κ1) is 31.6. The van der Waals surface area contributed by atoms with Crippen molar-refractivity contribution in [2.75, 3.05) is 9.80 Å². The molecular formula is C49H46N2. The third-order valence-electron chi connectivity index (χ3n) is 11.9. The van der Waals surface area contributed by atoms with Gasteiger partial charge in [0, 0.05) is 39.3 Å². The molecule has 0 N–H and O–H groups in total. The van der Waals surface area contributed by atoms with Crippen LogP contribution in [0.5, 0.6) is 0 Å². The monoisotopic (exact) mass is 662 g/mol. The van der Waals surface area contributed by atoms with Crippen molar-refractivity contribution >= 4 is 22.7 Å². The number of benzene rings is 5. The fraction of sp³-hybridized carbons (Fsp3) is 0.224. The summed E-state index contributed by atoms with van der Waals surface area (Å²) in [7, 11) is 0. The second-order valence-electron chi connectivity index (χ2n) is 15.8. The van der Waals surface area contributed by atoms with E-state index in [1.807, 2.05) is 0 Å². The number of nitrogens with zero attached hydrogens (tertiary/aromatic N) is 2. The van der Waals surface area contributed by atoms with Crippen LogP contribution in [0.4, 0.5) is 22.7 Å². The summed E-state index contributed by atoms with van der Waals surface area (Å²) in [6.07, 6.45) is 18.2. The molecule has 5 aromatic rings. The molecule has 0 heterocycles. The van der Waals surface area contributed by atoms with Crippen LogP contribution in [0, 0.1) is 5.92 Å². The summed E-state index contributed by atoms with van der Waals surface area (Å²) < 4.78 is 0. The van der Waals surface area contributed by atoms with E-state index in [1.165, 1.54) is 61.6 Å². The lowest BCUT2D eigenvalue weighted by atomic mass is 9.79. The highest BCUT2D eigenvalue weighted by Gasteiger charge is 2.42. The Hall–Kier alpha value is -5.34. The van der Waals surface area contributed by atoms with Crippen molar-refractivity contribution in [3.63, 3.8) is 0 Å². The third-order valence-corrected chi connectivity index (χ3v) is 11.9. The van der Waals surface area contributed by atoms with E-state index in [0.717, 1.165) is 24.2 Å². The van der Waals surface area contributed by atoms with E-state index < -0.39 is 0 Å². The Morgan fingerprint density at radius 2 is 1.08 bits per heavy atom. The standard InChI is InChI=1S/C49H46N2/c1-33-21-23-37(24-22-33)51(36-19-13-8-14-20-36)39-26-28-41-43-32-46-42(31-47(43)49(4,5)45(41)30-39)40-27-25-38(29-44(40)48(46,2)3)50(34-15-9-6-10-16-34)35-17-11-7-12-18-35/h6-19,21,23-33,36H,20,22H2,1-5H3. The summed E-state index contributed by atoms with van der Waals surface area (Å²) in [6.45, 7) is 12.0. The van der Waals surface area contributed by atoms with E-state index in [2.05, 4.69) is 196 Å². The molecule has 0 saturated heterocycles. The van der Waals surface area contributed by atoms with Crippen molar-refractivity contribution in [2.45, 2.75) is 64.3 Å². The Labute approximate surface area is 303 Å². The van der Waals surface area contributed by atoms with Crippen LogP contribution >= 0.6 is 0 Å². The minimum Gasteiger partial charge on any atom is -0.335 e.